The second-order valence-corrected chi connectivity index (χ2v) is 6.54. The Morgan fingerprint density at radius 2 is 2.00 bits per heavy atom. The summed E-state index contributed by atoms with van der Waals surface area (Å²) < 4.78 is 0. The molecule has 0 saturated heterocycles. The molecule has 3 aromatic rings. The number of carbonyl (C=O) groups excluding carboxylic acids is 2. The molecule has 0 aliphatic rings. The van der Waals surface area contributed by atoms with Crippen LogP contribution in [0.4, 0.5) is 5.69 Å². The maximum absolute atomic E-state index is 12.2. The van der Waals surface area contributed by atoms with Crippen LogP contribution in [0.5, 0.6) is 0 Å². The van der Waals surface area contributed by atoms with Gasteiger partial charge in [-0.1, -0.05) is 18.2 Å². The summed E-state index contributed by atoms with van der Waals surface area (Å²) in [6.45, 7) is 1.50. The first kappa shape index (κ1) is 17.0. The van der Waals surface area contributed by atoms with Gasteiger partial charge in [-0.05, 0) is 31.2 Å². The SMILES string of the molecule is CC(=O)c1cccc(NC(=O)Cc2csc(Cc3ccccn3)n2)c1. The number of hydrogen-bond donors (Lipinski definition) is 1. The Bertz CT molecular complexity index is 890. The summed E-state index contributed by atoms with van der Waals surface area (Å²) in [5.41, 5.74) is 2.87. The number of aromatic nitrogens is 2. The van der Waals surface area contributed by atoms with E-state index in [0.29, 0.717) is 17.7 Å². The van der Waals surface area contributed by atoms with Gasteiger partial charge in [-0.3, -0.25) is 14.6 Å². The predicted molar refractivity (Wildman–Crippen MR) is 97.9 cm³/mol. The Morgan fingerprint density at radius 1 is 1.12 bits per heavy atom. The molecule has 1 N–H and O–H groups in total. The highest BCUT2D eigenvalue weighted by atomic mass is 32.1. The van der Waals surface area contributed by atoms with E-state index in [4.69, 9.17) is 0 Å². The van der Waals surface area contributed by atoms with Gasteiger partial charge in [0, 0.05) is 34.9 Å². The summed E-state index contributed by atoms with van der Waals surface area (Å²) in [4.78, 5) is 32.4. The number of ketones is 1. The van der Waals surface area contributed by atoms with Crippen molar-refractivity contribution in [3.05, 3.63) is 76.0 Å². The number of Topliss-reactive ketones (excluding diaryl/α,β-unsaturated/α-hetero) is 1. The fourth-order valence-electron chi connectivity index (χ4n) is 2.35. The minimum Gasteiger partial charge on any atom is -0.326 e. The number of nitrogens with zero attached hydrogens (tertiary/aromatic N) is 2. The van der Waals surface area contributed by atoms with E-state index in [1.54, 1.807) is 30.5 Å². The van der Waals surface area contributed by atoms with Crippen molar-refractivity contribution in [2.24, 2.45) is 0 Å². The van der Waals surface area contributed by atoms with Gasteiger partial charge >= 0.3 is 0 Å². The summed E-state index contributed by atoms with van der Waals surface area (Å²) in [5, 5.41) is 5.63. The number of amides is 1. The number of pyridine rings is 1. The molecule has 6 heteroatoms. The summed E-state index contributed by atoms with van der Waals surface area (Å²) in [7, 11) is 0. The van der Waals surface area contributed by atoms with Gasteiger partial charge in [-0.15, -0.1) is 11.3 Å². The largest absolute Gasteiger partial charge is 0.326 e. The van der Waals surface area contributed by atoms with Crippen molar-refractivity contribution in [3.63, 3.8) is 0 Å². The van der Waals surface area contributed by atoms with E-state index >= 15 is 0 Å². The van der Waals surface area contributed by atoms with E-state index in [1.807, 2.05) is 23.6 Å². The first-order chi connectivity index (χ1) is 12.1. The number of carbonyl (C=O) groups is 2. The lowest BCUT2D eigenvalue weighted by molar-refractivity contribution is -0.115. The van der Waals surface area contributed by atoms with E-state index in [2.05, 4.69) is 15.3 Å². The van der Waals surface area contributed by atoms with E-state index in [9.17, 15) is 9.59 Å². The zero-order valence-electron chi connectivity index (χ0n) is 13.7. The molecule has 0 aliphatic carbocycles. The molecular weight excluding hydrogens is 334 g/mol. The van der Waals surface area contributed by atoms with Gasteiger partial charge in [0.15, 0.2) is 5.78 Å². The minimum atomic E-state index is -0.157. The Labute approximate surface area is 149 Å². The van der Waals surface area contributed by atoms with Gasteiger partial charge in [0.25, 0.3) is 0 Å². The van der Waals surface area contributed by atoms with Gasteiger partial charge in [-0.2, -0.15) is 0 Å². The van der Waals surface area contributed by atoms with Crippen LogP contribution >= 0.6 is 11.3 Å². The average Bonchev–Trinajstić information content (AvgIpc) is 3.02. The molecule has 1 aromatic carbocycles. The number of benzene rings is 1. The van der Waals surface area contributed by atoms with Crippen LogP contribution in [-0.2, 0) is 17.6 Å². The monoisotopic (exact) mass is 351 g/mol. The van der Waals surface area contributed by atoms with Crippen LogP contribution in [0.25, 0.3) is 0 Å². The average molecular weight is 351 g/mol. The second kappa shape index (κ2) is 7.81. The highest BCUT2D eigenvalue weighted by molar-refractivity contribution is 7.09. The molecule has 0 spiro atoms. The quantitative estimate of drug-likeness (QED) is 0.690. The van der Waals surface area contributed by atoms with Crippen LogP contribution in [0.2, 0.25) is 0 Å². The van der Waals surface area contributed by atoms with Gasteiger partial charge in [0.1, 0.15) is 0 Å². The summed E-state index contributed by atoms with van der Waals surface area (Å²) in [6, 6.07) is 12.7. The zero-order chi connectivity index (χ0) is 17.6. The molecular formula is C19H17N3O2S. The van der Waals surface area contributed by atoms with Crippen LogP contribution in [-0.4, -0.2) is 21.7 Å². The smallest absolute Gasteiger partial charge is 0.230 e. The molecule has 0 bridgehead atoms. The van der Waals surface area contributed by atoms with Gasteiger partial charge in [-0.25, -0.2) is 4.98 Å². The molecule has 0 aliphatic heterocycles. The van der Waals surface area contributed by atoms with E-state index in [1.165, 1.54) is 18.3 Å². The normalized spacial score (nSPS) is 10.4. The lowest BCUT2D eigenvalue weighted by Crippen LogP contribution is -2.15. The third-order valence-electron chi connectivity index (χ3n) is 3.55. The van der Waals surface area contributed by atoms with E-state index in [0.717, 1.165) is 16.4 Å². The van der Waals surface area contributed by atoms with Crippen LogP contribution in [0, 0.1) is 0 Å². The Morgan fingerprint density at radius 3 is 2.76 bits per heavy atom. The van der Waals surface area contributed by atoms with E-state index < -0.39 is 0 Å². The summed E-state index contributed by atoms with van der Waals surface area (Å²) >= 11 is 1.52. The summed E-state index contributed by atoms with van der Waals surface area (Å²) in [5.74, 6) is -0.190. The molecule has 126 valence electrons. The molecule has 5 nitrogen and oxygen atoms in total. The lowest BCUT2D eigenvalue weighted by Gasteiger charge is -2.05. The van der Waals surface area contributed by atoms with Crippen LogP contribution in [0.3, 0.4) is 0 Å². The third-order valence-corrected chi connectivity index (χ3v) is 4.45. The molecule has 0 radical (unpaired) electrons. The van der Waals surface area contributed by atoms with Gasteiger partial charge < -0.3 is 5.32 Å². The molecule has 0 fully saturated rings. The number of nitrogens with one attached hydrogen (secondary N) is 1. The van der Waals surface area contributed by atoms with E-state index in [-0.39, 0.29) is 18.1 Å². The van der Waals surface area contributed by atoms with Crippen molar-refractivity contribution in [1.82, 2.24) is 9.97 Å². The van der Waals surface area contributed by atoms with Crippen molar-refractivity contribution < 1.29 is 9.59 Å². The topological polar surface area (TPSA) is 72.0 Å². The highest BCUT2D eigenvalue weighted by Gasteiger charge is 2.10. The van der Waals surface area contributed by atoms with Gasteiger partial charge in [0.05, 0.1) is 17.1 Å². The Balaban J connectivity index is 1.60. The van der Waals surface area contributed by atoms with Crippen LogP contribution in [0.15, 0.2) is 54.0 Å². The van der Waals surface area contributed by atoms with Crippen molar-refractivity contribution >= 4 is 28.7 Å². The molecule has 2 heterocycles. The van der Waals surface area contributed by atoms with Crippen molar-refractivity contribution in [1.29, 1.82) is 0 Å². The highest BCUT2D eigenvalue weighted by Crippen LogP contribution is 2.15. The summed E-state index contributed by atoms with van der Waals surface area (Å²) in [6.07, 6.45) is 2.61. The molecule has 0 saturated carbocycles. The van der Waals surface area contributed by atoms with Crippen molar-refractivity contribution in [2.75, 3.05) is 5.32 Å². The standard InChI is InChI=1S/C19H17N3O2S/c1-13(23)14-5-4-7-16(9-14)21-18(24)10-17-12-25-19(22-17)11-15-6-2-3-8-20-15/h2-9,12H,10-11H2,1H3,(H,21,24). The zero-order valence-corrected chi connectivity index (χ0v) is 14.5. The first-order valence-electron chi connectivity index (χ1n) is 7.84. The molecule has 0 unspecified atom stereocenters. The number of rotatable bonds is 6. The fourth-order valence-corrected chi connectivity index (χ4v) is 3.16. The first-order valence-corrected chi connectivity index (χ1v) is 8.72. The predicted octanol–water partition coefficient (Wildman–Crippen LogP) is 3.51. The van der Waals surface area contributed by atoms with Crippen molar-refractivity contribution in [2.45, 2.75) is 19.8 Å². The molecule has 25 heavy (non-hydrogen) atoms. The third kappa shape index (κ3) is 4.81. The maximum Gasteiger partial charge on any atom is 0.230 e. The Hall–Kier alpha value is -2.86. The van der Waals surface area contributed by atoms with Crippen LogP contribution in [0.1, 0.15) is 33.7 Å². The number of anilines is 1. The van der Waals surface area contributed by atoms with Gasteiger partial charge in [0.2, 0.25) is 5.91 Å². The van der Waals surface area contributed by atoms with Crippen molar-refractivity contribution in [3.8, 4) is 0 Å². The second-order valence-electron chi connectivity index (χ2n) is 5.59. The van der Waals surface area contributed by atoms with Crippen LogP contribution < -0.4 is 5.32 Å². The number of thiazole rings is 1. The molecule has 0 atom stereocenters. The number of hydrogen-bond acceptors (Lipinski definition) is 5. The maximum atomic E-state index is 12.2. The Kier molecular flexibility index (Phi) is 5.30. The minimum absolute atomic E-state index is 0.0326. The molecule has 3 rings (SSSR count). The lowest BCUT2D eigenvalue weighted by atomic mass is 10.1. The fraction of sp³-hybridized carbons (Fsp3) is 0.158. The molecule has 1 amide bonds. The molecule has 2 aromatic heterocycles.